The second-order valence-corrected chi connectivity index (χ2v) is 8.09. The summed E-state index contributed by atoms with van der Waals surface area (Å²) in [4.78, 5) is 0. The molecule has 0 amide bonds. The van der Waals surface area contributed by atoms with Crippen molar-refractivity contribution in [1.29, 1.82) is 0 Å². The molecule has 27 heavy (non-hydrogen) atoms. The van der Waals surface area contributed by atoms with Crippen molar-refractivity contribution in [2.75, 3.05) is 6.67 Å². The van der Waals surface area contributed by atoms with Gasteiger partial charge in [0.15, 0.2) is 0 Å². The summed E-state index contributed by atoms with van der Waals surface area (Å²) in [6, 6.07) is 18.0. The smallest absolute Gasteiger partial charge is 0.0928 e. The lowest BCUT2D eigenvalue weighted by Gasteiger charge is -2.29. The second-order valence-electron chi connectivity index (χ2n) is 8.09. The molecule has 0 aliphatic heterocycles. The van der Waals surface area contributed by atoms with Gasteiger partial charge in [0.2, 0.25) is 0 Å². The van der Waals surface area contributed by atoms with Crippen LogP contribution in [0.15, 0.2) is 60.7 Å². The van der Waals surface area contributed by atoms with Gasteiger partial charge in [-0.3, -0.25) is 4.39 Å². The zero-order valence-electron chi connectivity index (χ0n) is 16.7. The monoisotopic (exact) mass is 364 g/mol. The Morgan fingerprint density at radius 1 is 0.815 bits per heavy atom. The SMILES string of the molecule is Cc1ccc(-c2ccc(C3CCC(CCCC=CCCF)CC3)cc2)cc1. The molecule has 0 N–H and O–H groups in total. The molecule has 3 rings (SSSR count). The van der Waals surface area contributed by atoms with Crippen LogP contribution < -0.4 is 0 Å². The van der Waals surface area contributed by atoms with Crippen molar-refractivity contribution in [2.24, 2.45) is 5.92 Å². The van der Waals surface area contributed by atoms with Crippen LogP contribution in [0, 0.1) is 12.8 Å². The molecular formula is C26H33F. The maximum atomic E-state index is 12.0. The van der Waals surface area contributed by atoms with Gasteiger partial charge in [0.1, 0.15) is 0 Å². The number of alkyl halides is 1. The molecule has 0 heterocycles. The Labute approximate surface area is 164 Å². The molecule has 2 aromatic carbocycles. The molecule has 144 valence electrons. The fourth-order valence-electron chi connectivity index (χ4n) is 4.30. The molecule has 0 aromatic heterocycles. The van der Waals surface area contributed by atoms with Crippen molar-refractivity contribution in [3.05, 3.63) is 71.8 Å². The van der Waals surface area contributed by atoms with Crippen molar-refractivity contribution < 1.29 is 4.39 Å². The molecule has 0 atom stereocenters. The van der Waals surface area contributed by atoms with E-state index in [4.69, 9.17) is 0 Å². The topological polar surface area (TPSA) is 0 Å². The molecule has 0 radical (unpaired) electrons. The fourth-order valence-corrected chi connectivity index (χ4v) is 4.30. The van der Waals surface area contributed by atoms with Crippen LogP contribution >= 0.6 is 0 Å². The maximum Gasteiger partial charge on any atom is 0.0928 e. The number of hydrogen-bond acceptors (Lipinski definition) is 0. The summed E-state index contributed by atoms with van der Waals surface area (Å²) in [5.41, 5.74) is 5.44. The Balaban J connectivity index is 1.45. The minimum Gasteiger partial charge on any atom is -0.251 e. The first-order chi connectivity index (χ1) is 13.3. The Kier molecular flexibility index (Phi) is 7.68. The number of benzene rings is 2. The predicted molar refractivity (Wildman–Crippen MR) is 115 cm³/mol. The summed E-state index contributed by atoms with van der Waals surface area (Å²) in [5, 5.41) is 0. The number of halogens is 1. The van der Waals surface area contributed by atoms with E-state index in [1.54, 1.807) is 0 Å². The van der Waals surface area contributed by atoms with E-state index < -0.39 is 0 Å². The molecule has 0 spiro atoms. The summed E-state index contributed by atoms with van der Waals surface area (Å²) in [5.74, 6) is 1.63. The lowest BCUT2D eigenvalue weighted by atomic mass is 9.77. The summed E-state index contributed by atoms with van der Waals surface area (Å²) in [6.45, 7) is 1.90. The summed E-state index contributed by atoms with van der Waals surface area (Å²) >= 11 is 0. The van der Waals surface area contributed by atoms with Crippen LogP contribution in [0.1, 0.15) is 68.4 Å². The van der Waals surface area contributed by atoms with E-state index in [9.17, 15) is 4.39 Å². The average Bonchev–Trinajstić information content (AvgIpc) is 2.72. The molecule has 1 heteroatoms. The van der Waals surface area contributed by atoms with E-state index in [2.05, 4.69) is 61.5 Å². The summed E-state index contributed by atoms with van der Waals surface area (Å²) in [7, 11) is 0. The van der Waals surface area contributed by atoms with Gasteiger partial charge in [-0.1, -0.05) is 72.7 Å². The van der Waals surface area contributed by atoms with Crippen LogP contribution in [0.25, 0.3) is 11.1 Å². The minimum atomic E-state index is -0.230. The van der Waals surface area contributed by atoms with Crippen molar-refractivity contribution in [3.63, 3.8) is 0 Å². The molecule has 0 nitrogen and oxygen atoms in total. The third kappa shape index (κ3) is 6.06. The van der Waals surface area contributed by atoms with Crippen molar-refractivity contribution in [2.45, 2.75) is 64.2 Å². The quantitative estimate of drug-likeness (QED) is 0.328. The van der Waals surface area contributed by atoms with E-state index >= 15 is 0 Å². The molecule has 0 saturated heterocycles. The lowest BCUT2D eigenvalue weighted by Crippen LogP contribution is -2.13. The van der Waals surface area contributed by atoms with Gasteiger partial charge < -0.3 is 0 Å². The molecule has 1 saturated carbocycles. The van der Waals surface area contributed by atoms with Gasteiger partial charge in [-0.15, -0.1) is 0 Å². The third-order valence-corrected chi connectivity index (χ3v) is 6.04. The number of unbranched alkanes of at least 4 members (excludes halogenated alkanes) is 1. The van der Waals surface area contributed by atoms with Crippen molar-refractivity contribution in [3.8, 4) is 11.1 Å². The average molecular weight is 365 g/mol. The Morgan fingerprint density at radius 3 is 2.04 bits per heavy atom. The van der Waals surface area contributed by atoms with Crippen LogP contribution in [0.3, 0.4) is 0 Å². The number of aryl methyl sites for hydroxylation is 1. The molecule has 0 bridgehead atoms. The highest BCUT2D eigenvalue weighted by atomic mass is 19.1. The zero-order valence-corrected chi connectivity index (χ0v) is 16.7. The van der Waals surface area contributed by atoms with Crippen molar-refractivity contribution in [1.82, 2.24) is 0 Å². The van der Waals surface area contributed by atoms with Crippen LogP contribution in [0.2, 0.25) is 0 Å². The maximum absolute atomic E-state index is 12.0. The Morgan fingerprint density at radius 2 is 1.41 bits per heavy atom. The first-order valence-electron chi connectivity index (χ1n) is 10.6. The fraction of sp³-hybridized carbons (Fsp3) is 0.462. The highest BCUT2D eigenvalue weighted by molar-refractivity contribution is 5.64. The standard InChI is InChI=1S/C26H33F/c1-21-8-12-23(13-9-21)25-16-18-26(19-17-25)24-14-10-22(11-15-24)7-5-3-2-4-6-20-27/h2,4,8-9,12-13,16-19,22,24H,3,5-7,10-11,14-15,20H2,1H3. The van der Waals surface area contributed by atoms with Crippen LogP contribution in [0.4, 0.5) is 4.39 Å². The second kappa shape index (κ2) is 10.4. The van der Waals surface area contributed by atoms with E-state index in [0.29, 0.717) is 6.42 Å². The van der Waals surface area contributed by atoms with Gasteiger partial charge in [0, 0.05) is 0 Å². The number of rotatable bonds is 8. The molecule has 0 unspecified atom stereocenters. The van der Waals surface area contributed by atoms with Gasteiger partial charge in [-0.05, 0) is 80.4 Å². The highest BCUT2D eigenvalue weighted by Gasteiger charge is 2.21. The first-order valence-corrected chi connectivity index (χ1v) is 10.6. The molecular weight excluding hydrogens is 331 g/mol. The normalized spacial score (nSPS) is 20.2. The van der Waals surface area contributed by atoms with Crippen molar-refractivity contribution >= 4 is 0 Å². The molecule has 1 fully saturated rings. The van der Waals surface area contributed by atoms with Crippen LogP contribution in [0.5, 0.6) is 0 Å². The molecule has 1 aliphatic rings. The van der Waals surface area contributed by atoms with Gasteiger partial charge >= 0.3 is 0 Å². The van der Waals surface area contributed by atoms with E-state index in [1.807, 2.05) is 6.08 Å². The lowest BCUT2D eigenvalue weighted by molar-refractivity contribution is 0.305. The summed E-state index contributed by atoms with van der Waals surface area (Å²) in [6.07, 6.45) is 13.8. The van der Waals surface area contributed by atoms with E-state index in [1.165, 1.54) is 60.8 Å². The predicted octanol–water partition coefficient (Wildman–Crippen LogP) is 8.02. The van der Waals surface area contributed by atoms with E-state index in [0.717, 1.165) is 18.3 Å². The van der Waals surface area contributed by atoms with E-state index in [-0.39, 0.29) is 6.67 Å². The van der Waals surface area contributed by atoms with Gasteiger partial charge in [-0.25, -0.2) is 0 Å². The van der Waals surface area contributed by atoms with Crippen LogP contribution in [-0.2, 0) is 0 Å². The minimum absolute atomic E-state index is 0.230. The van der Waals surface area contributed by atoms with Crippen LogP contribution in [-0.4, -0.2) is 6.67 Å². The Bertz CT molecular complexity index is 688. The largest absolute Gasteiger partial charge is 0.251 e. The zero-order chi connectivity index (χ0) is 18.9. The Hall–Kier alpha value is -1.89. The molecule has 2 aromatic rings. The third-order valence-electron chi connectivity index (χ3n) is 6.04. The highest BCUT2D eigenvalue weighted by Crippen LogP contribution is 2.38. The first kappa shape index (κ1) is 19.9. The molecule has 1 aliphatic carbocycles. The summed E-state index contributed by atoms with van der Waals surface area (Å²) < 4.78 is 12.0. The van der Waals surface area contributed by atoms with Gasteiger partial charge in [0.05, 0.1) is 6.67 Å². The van der Waals surface area contributed by atoms with Gasteiger partial charge in [0.25, 0.3) is 0 Å². The number of hydrogen-bond donors (Lipinski definition) is 0. The van der Waals surface area contributed by atoms with Gasteiger partial charge in [-0.2, -0.15) is 0 Å². The number of allylic oxidation sites excluding steroid dienone is 2.